The molecule has 0 bridgehead atoms. The molecule has 1 atom stereocenters. The number of sulfonamides is 1. The number of halogens is 1. The molecule has 0 spiro atoms. The Morgan fingerprint density at radius 2 is 2.13 bits per heavy atom. The summed E-state index contributed by atoms with van der Waals surface area (Å²) in [6.07, 6.45) is 1.54. The average Bonchev–Trinajstić information content (AvgIpc) is 3.16. The third-order valence-corrected chi connectivity index (χ3v) is 6.20. The van der Waals surface area contributed by atoms with Crippen molar-refractivity contribution in [1.29, 1.82) is 0 Å². The van der Waals surface area contributed by atoms with Crippen molar-refractivity contribution in [3.63, 3.8) is 0 Å². The average molecular weight is 355 g/mol. The second-order valence-electron chi connectivity index (χ2n) is 6.04. The van der Waals surface area contributed by atoms with Crippen LogP contribution >= 0.6 is 11.6 Å². The zero-order chi connectivity index (χ0) is 16.6. The minimum atomic E-state index is -3.60. The largest absolute Gasteiger partial charge is 0.361 e. The summed E-state index contributed by atoms with van der Waals surface area (Å²) in [7, 11) is -3.60. The maximum atomic E-state index is 12.9. The van der Waals surface area contributed by atoms with E-state index in [0.717, 1.165) is 18.6 Å². The van der Waals surface area contributed by atoms with Gasteiger partial charge in [0.1, 0.15) is 11.5 Å². The van der Waals surface area contributed by atoms with Crippen molar-refractivity contribution in [2.75, 3.05) is 6.54 Å². The molecule has 1 saturated heterocycles. The van der Waals surface area contributed by atoms with Crippen LogP contribution in [0.3, 0.4) is 0 Å². The maximum absolute atomic E-state index is 12.9. The van der Waals surface area contributed by atoms with Crippen LogP contribution in [-0.4, -0.2) is 24.4 Å². The highest BCUT2D eigenvalue weighted by atomic mass is 35.5. The summed E-state index contributed by atoms with van der Waals surface area (Å²) in [6.45, 7) is 4.50. The molecule has 1 aromatic heterocycles. The lowest BCUT2D eigenvalue weighted by Gasteiger charge is -2.22. The monoisotopic (exact) mass is 354 g/mol. The highest BCUT2D eigenvalue weighted by molar-refractivity contribution is 7.89. The normalized spacial score (nSPS) is 19.6. The minimum absolute atomic E-state index is 0.212. The molecule has 0 N–H and O–H groups in total. The lowest BCUT2D eigenvalue weighted by atomic mass is 10.1. The number of benzene rings is 1. The van der Waals surface area contributed by atoms with E-state index in [0.29, 0.717) is 17.3 Å². The highest BCUT2D eigenvalue weighted by Gasteiger charge is 2.38. The lowest BCUT2D eigenvalue weighted by molar-refractivity contribution is 0.338. The van der Waals surface area contributed by atoms with E-state index < -0.39 is 10.0 Å². The number of aromatic nitrogens is 1. The van der Waals surface area contributed by atoms with Crippen molar-refractivity contribution in [3.05, 3.63) is 46.8 Å². The fourth-order valence-corrected chi connectivity index (χ4v) is 4.79. The Hall–Kier alpha value is -1.37. The van der Waals surface area contributed by atoms with Gasteiger partial charge in [-0.1, -0.05) is 36.7 Å². The molecule has 0 amide bonds. The van der Waals surface area contributed by atoms with Crippen molar-refractivity contribution in [2.45, 2.75) is 43.5 Å². The number of rotatable bonds is 4. The molecule has 2 aromatic rings. The van der Waals surface area contributed by atoms with Crippen LogP contribution in [0, 0.1) is 0 Å². The van der Waals surface area contributed by atoms with Gasteiger partial charge in [-0.2, -0.15) is 4.31 Å². The molecule has 2 heterocycles. The van der Waals surface area contributed by atoms with Gasteiger partial charge in [-0.3, -0.25) is 0 Å². The summed E-state index contributed by atoms with van der Waals surface area (Å²) in [5, 5.41) is 4.49. The summed E-state index contributed by atoms with van der Waals surface area (Å²) in [6, 6.07) is 7.94. The van der Waals surface area contributed by atoms with Gasteiger partial charge in [-0.25, -0.2) is 8.42 Å². The van der Waals surface area contributed by atoms with Crippen LogP contribution in [0.1, 0.15) is 50.1 Å². The Labute approximate surface area is 141 Å². The van der Waals surface area contributed by atoms with Gasteiger partial charge >= 0.3 is 0 Å². The Morgan fingerprint density at radius 3 is 2.78 bits per heavy atom. The maximum Gasteiger partial charge on any atom is 0.243 e. The molecule has 1 aliphatic rings. The number of hydrogen-bond acceptors (Lipinski definition) is 4. The molecule has 0 radical (unpaired) electrons. The summed E-state index contributed by atoms with van der Waals surface area (Å²) in [5.74, 6) is 0.989. The van der Waals surface area contributed by atoms with Gasteiger partial charge in [0.15, 0.2) is 0 Å². The van der Waals surface area contributed by atoms with E-state index >= 15 is 0 Å². The SMILES string of the molecule is CC(C)c1cc([C@@H]2CCCN2S(=O)(=O)c2cccc(Cl)c2)no1. The van der Waals surface area contributed by atoms with Crippen LogP contribution < -0.4 is 0 Å². The van der Waals surface area contributed by atoms with E-state index in [1.54, 1.807) is 18.2 Å². The quantitative estimate of drug-likeness (QED) is 0.833. The van der Waals surface area contributed by atoms with Crippen molar-refractivity contribution in [2.24, 2.45) is 0 Å². The van der Waals surface area contributed by atoms with Gasteiger partial charge in [-0.05, 0) is 31.0 Å². The number of nitrogens with zero attached hydrogens (tertiary/aromatic N) is 2. The molecule has 5 nitrogen and oxygen atoms in total. The molecule has 1 aliphatic heterocycles. The van der Waals surface area contributed by atoms with Crippen LogP contribution in [0.2, 0.25) is 5.02 Å². The molecule has 0 aliphatic carbocycles. The van der Waals surface area contributed by atoms with Crippen molar-refractivity contribution >= 4 is 21.6 Å². The van der Waals surface area contributed by atoms with Crippen molar-refractivity contribution < 1.29 is 12.9 Å². The predicted octanol–water partition coefficient (Wildman–Crippen LogP) is 3.98. The Balaban J connectivity index is 1.94. The molecule has 0 unspecified atom stereocenters. The highest BCUT2D eigenvalue weighted by Crippen LogP contribution is 2.37. The van der Waals surface area contributed by atoms with Gasteiger partial charge in [-0.15, -0.1) is 0 Å². The molecule has 23 heavy (non-hydrogen) atoms. The van der Waals surface area contributed by atoms with Gasteiger partial charge in [0.2, 0.25) is 10.0 Å². The zero-order valence-corrected chi connectivity index (χ0v) is 14.6. The summed E-state index contributed by atoms with van der Waals surface area (Å²) in [5.41, 5.74) is 0.678. The molecule has 1 aromatic carbocycles. The predicted molar refractivity (Wildman–Crippen MR) is 87.9 cm³/mol. The summed E-state index contributed by atoms with van der Waals surface area (Å²) in [4.78, 5) is 0.212. The van der Waals surface area contributed by atoms with E-state index in [9.17, 15) is 8.42 Å². The lowest BCUT2D eigenvalue weighted by Crippen LogP contribution is -2.30. The van der Waals surface area contributed by atoms with E-state index in [-0.39, 0.29) is 16.9 Å². The molecule has 124 valence electrons. The molecule has 1 fully saturated rings. The third-order valence-electron chi connectivity index (χ3n) is 4.06. The molecule has 3 rings (SSSR count). The van der Waals surface area contributed by atoms with Crippen LogP contribution in [0.4, 0.5) is 0 Å². The van der Waals surface area contributed by atoms with Gasteiger partial charge < -0.3 is 4.52 Å². The minimum Gasteiger partial charge on any atom is -0.361 e. The fraction of sp³-hybridized carbons (Fsp3) is 0.438. The Bertz CT molecular complexity index is 801. The van der Waals surface area contributed by atoms with E-state index in [2.05, 4.69) is 5.16 Å². The van der Waals surface area contributed by atoms with Crippen molar-refractivity contribution in [3.8, 4) is 0 Å². The molecular weight excluding hydrogens is 336 g/mol. The summed E-state index contributed by atoms with van der Waals surface area (Å²) >= 11 is 5.94. The first-order valence-electron chi connectivity index (χ1n) is 7.63. The van der Waals surface area contributed by atoms with E-state index in [4.69, 9.17) is 16.1 Å². The molecule has 7 heteroatoms. The zero-order valence-electron chi connectivity index (χ0n) is 13.1. The van der Waals surface area contributed by atoms with Gasteiger partial charge in [0.05, 0.1) is 10.9 Å². The van der Waals surface area contributed by atoms with Crippen LogP contribution in [-0.2, 0) is 10.0 Å². The smallest absolute Gasteiger partial charge is 0.243 e. The first kappa shape index (κ1) is 16.5. The second kappa shape index (κ2) is 6.26. The first-order valence-corrected chi connectivity index (χ1v) is 9.45. The third kappa shape index (κ3) is 3.16. The van der Waals surface area contributed by atoms with E-state index in [1.807, 2.05) is 19.9 Å². The first-order chi connectivity index (χ1) is 10.9. The van der Waals surface area contributed by atoms with Gasteiger partial charge in [0.25, 0.3) is 0 Å². The molecular formula is C16H19ClN2O3S. The van der Waals surface area contributed by atoms with Gasteiger partial charge in [0, 0.05) is 23.6 Å². The fourth-order valence-electron chi connectivity index (χ4n) is 2.82. The topological polar surface area (TPSA) is 63.4 Å². The Kier molecular flexibility index (Phi) is 4.49. The number of hydrogen-bond donors (Lipinski definition) is 0. The summed E-state index contributed by atoms with van der Waals surface area (Å²) < 4.78 is 32.7. The Morgan fingerprint density at radius 1 is 1.35 bits per heavy atom. The second-order valence-corrected chi connectivity index (χ2v) is 8.37. The van der Waals surface area contributed by atoms with Crippen molar-refractivity contribution in [1.82, 2.24) is 9.46 Å². The van der Waals surface area contributed by atoms with Crippen LogP contribution in [0.5, 0.6) is 0 Å². The molecule has 0 saturated carbocycles. The van der Waals surface area contributed by atoms with E-state index in [1.165, 1.54) is 10.4 Å². The standard InChI is InChI=1S/C16H19ClN2O3S/c1-11(2)16-10-14(18-22-16)15-7-4-8-19(15)23(20,21)13-6-3-5-12(17)9-13/h3,5-6,9-11,15H,4,7-8H2,1-2H3/t15-/m0/s1. The van der Waals surface area contributed by atoms with Crippen LogP contribution in [0.25, 0.3) is 0 Å². The van der Waals surface area contributed by atoms with Crippen LogP contribution in [0.15, 0.2) is 39.8 Å².